The maximum atomic E-state index is 5.96. The van der Waals surface area contributed by atoms with E-state index in [-0.39, 0.29) is 0 Å². The predicted octanol–water partition coefficient (Wildman–Crippen LogP) is 2.37. The maximum absolute atomic E-state index is 5.96. The lowest BCUT2D eigenvalue weighted by Crippen LogP contribution is -2.12. The van der Waals surface area contributed by atoms with E-state index in [1.165, 1.54) is 0 Å². The molecular formula is C11H12ClN. The fourth-order valence-corrected chi connectivity index (χ4v) is 1.23. The minimum absolute atomic E-state index is 0.589. The van der Waals surface area contributed by atoms with Gasteiger partial charge in [0.05, 0.1) is 6.54 Å². The van der Waals surface area contributed by atoms with Crippen LogP contribution in [0, 0.1) is 19.3 Å². The summed E-state index contributed by atoms with van der Waals surface area (Å²) >= 11 is 5.96. The van der Waals surface area contributed by atoms with Gasteiger partial charge in [-0.3, -0.25) is 0 Å². The van der Waals surface area contributed by atoms with Crippen molar-refractivity contribution in [2.75, 3.05) is 6.54 Å². The summed E-state index contributed by atoms with van der Waals surface area (Å²) in [5, 5.41) is 3.91. The van der Waals surface area contributed by atoms with Gasteiger partial charge in [-0.2, -0.15) is 0 Å². The predicted molar refractivity (Wildman–Crippen MR) is 56.7 cm³/mol. The summed E-state index contributed by atoms with van der Waals surface area (Å²) in [6.45, 7) is 3.34. The number of rotatable bonds is 3. The Kier molecular flexibility index (Phi) is 3.82. The summed E-state index contributed by atoms with van der Waals surface area (Å²) in [6.07, 6.45) is 5.11. The Hall–Kier alpha value is -0.970. The Morgan fingerprint density at radius 3 is 2.92 bits per heavy atom. The minimum Gasteiger partial charge on any atom is -0.302 e. The topological polar surface area (TPSA) is 12.0 Å². The monoisotopic (exact) mass is 193 g/mol. The van der Waals surface area contributed by atoms with Crippen molar-refractivity contribution in [3.05, 3.63) is 34.3 Å². The first-order valence-corrected chi connectivity index (χ1v) is 4.51. The van der Waals surface area contributed by atoms with Crippen LogP contribution in [0.3, 0.4) is 0 Å². The van der Waals surface area contributed by atoms with E-state index in [9.17, 15) is 0 Å². The van der Waals surface area contributed by atoms with Gasteiger partial charge in [0.1, 0.15) is 0 Å². The average molecular weight is 194 g/mol. The van der Waals surface area contributed by atoms with Crippen LogP contribution in [0.25, 0.3) is 0 Å². The van der Waals surface area contributed by atoms with Gasteiger partial charge in [0.2, 0.25) is 0 Å². The van der Waals surface area contributed by atoms with Gasteiger partial charge >= 0.3 is 0 Å². The van der Waals surface area contributed by atoms with E-state index in [4.69, 9.17) is 18.0 Å². The molecular weight excluding hydrogens is 182 g/mol. The molecule has 0 saturated carbocycles. The average Bonchev–Trinajstić information content (AvgIpc) is 2.12. The molecule has 0 amide bonds. The first-order valence-electron chi connectivity index (χ1n) is 4.13. The van der Waals surface area contributed by atoms with Crippen LogP contribution in [0.4, 0.5) is 0 Å². The molecule has 1 aromatic rings. The van der Waals surface area contributed by atoms with Crippen molar-refractivity contribution in [1.29, 1.82) is 0 Å². The van der Waals surface area contributed by atoms with Gasteiger partial charge < -0.3 is 5.32 Å². The van der Waals surface area contributed by atoms with Crippen molar-refractivity contribution in [3.8, 4) is 12.3 Å². The van der Waals surface area contributed by atoms with Crippen molar-refractivity contribution in [2.24, 2.45) is 0 Å². The standard InChI is InChI=1S/C11H12ClN/c1-3-6-13-8-10-5-4-9(2)11(12)7-10/h1,4-5,7,13H,6,8H2,2H3. The molecule has 0 fully saturated rings. The molecule has 1 aromatic carbocycles. The second-order valence-corrected chi connectivity index (χ2v) is 3.30. The summed E-state index contributed by atoms with van der Waals surface area (Å²) in [7, 11) is 0. The zero-order chi connectivity index (χ0) is 9.68. The van der Waals surface area contributed by atoms with E-state index in [0.29, 0.717) is 6.54 Å². The van der Waals surface area contributed by atoms with Gasteiger partial charge in [-0.05, 0) is 24.1 Å². The summed E-state index contributed by atoms with van der Waals surface area (Å²) < 4.78 is 0. The molecule has 0 unspecified atom stereocenters. The Balaban J connectivity index is 2.59. The van der Waals surface area contributed by atoms with E-state index in [1.807, 2.05) is 25.1 Å². The van der Waals surface area contributed by atoms with Crippen LogP contribution in [0.1, 0.15) is 11.1 Å². The normalized spacial score (nSPS) is 9.62. The molecule has 0 aromatic heterocycles. The molecule has 0 saturated heterocycles. The van der Waals surface area contributed by atoms with Crippen molar-refractivity contribution < 1.29 is 0 Å². The van der Waals surface area contributed by atoms with E-state index < -0.39 is 0 Å². The number of terminal acetylenes is 1. The van der Waals surface area contributed by atoms with Crippen LogP contribution in [-0.4, -0.2) is 6.54 Å². The Morgan fingerprint density at radius 2 is 2.31 bits per heavy atom. The van der Waals surface area contributed by atoms with Crippen LogP contribution >= 0.6 is 11.6 Å². The van der Waals surface area contributed by atoms with Gasteiger partial charge in [-0.15, -0.1) is 6.42 Å². The quantitative estimate of drug-likeness (QED) is 0.574. The molecule has 0 spiro atoms. The molecule has 0 atom stereocenters. The second kappa shape index (κ2) is 4.91. The van der Waals surface area contributed by atoms with Gasteiger partial charge in [0.25, 0.3) is 0 Å². The molecule has 13 heavy (non-hydrogen) atoms. The molecule has 0 aliphatic rings. The van der Waals surface area contributed by atoms with Crippen LogP contribution in [-0.2, 0) is 6.54 Å². The highest BCUT2D eigenvalue weighted by Gasteiger charge is 1.96. The van der Waals surface area contributed by atoms with E-state index in [0.717, 1.165) is 22.7 Å². The number of benzene rings is 1. The third kappa shape index (κ3) is 3.10. The molecule has 1 nitrogen and oxygen atoms in total. The third-order valence-electron chi connectivity index (χ3n) is 1.79. The fourth-order valence-electron chi connectivity index (χ4n) is 1.03. The van der Waals surface area contributed by atoms with Crippen molar-refractivity contribution >= 4 is 11.6 Å². The fraction of sp³-hybridized carbons (Fsp3) is 0.273. The zero-order valence-electron chi connectivity index (χ0n) is 7.60. The first-order chi connectivity index (χ1) is 6.24. The van der Waals surface area contributed by atoms with Gasteiger partial charge in [0.15, 0.2) is 0 Å². The summed E-state index contributed by atoms with van der Waals surface area (Å²) in [4.78, 5) is 0. The summed E-state index contributed by atoms with van der Waals surface area (Å²) in [6, 6.07) is 6.01. The van der Waals surface area contributed by atoms with Crippen molar-refractivity contribution in [3.63, 3.8) is 0 Å². The highest BCUT2D eigenvalue weighted by atomic mass is 35.5. The highest BCUT2D eigenvalue weighted by Crippen LogP contribution is 2.16. The lowest BCUT2D eigenvalue weighted by Gasteiger charge is -2.03. The summed E-state index contributed by atoms with van der Waals surface area (Å²) in [5.74, 6) is 2.52. The number of aryl methyl sites for hydroxylation is 1. The molecule has 0 aliphatic carbocycles. The van der Waals surface area contributed by atoms with Crippen molar-refractivity contribution in [2.45, 2.75) is 13.5 Å². The Morgan fingerprint density at radius 1 is 1.54 bits per heavy atom. The van der Waals surface area contributed by atoms with Crippen LogP contribution in [0.5, 0.6) is 0 Å². The van der Waals surface area contributed by atoms with Gasteiger partial charge in [0, 0.05) is 11.6 Å². The SMILES string of the molecule is C#CCNCc1ccc(C)c(Cl)c1. The summed E-state index contributed by atoms with van der Waals surface area (Å²) in [5.41, 5.74) is 2.26. The van der Waals surface area contributed by atoms with Crippen molar-refractivity contribution in [1.82, 2.24) is 5.32 Å². The van der Waals surface area contributed by atoms with Crippen LogP contribution in [0.2, 0.25) is 5.02 Å². The lowest BCUT2D eigenvalue weighted by atomic mass is 10.1. The largest absolute Gasteiger partial charge is 0.302 e. The molecule has 68 valence electrons. The molecule has 1 N–H and O–H groups in total. The number of halogens is 1. The van der Waals surface area contributed by atoms with Gasteiger partial charge in [-0.25, -0.2) is 0 Å². The van der Waals surface area contributed by atoms with Crippen LogP contribution in [0.15, 0.2) is 18.2 Å². The third-order valence-corrected chi connectivity index (χ3v) is 2.20. The second-order valence-electron chi connectivity index (χ2n) is 2.89. The van der Waals surface area contributed by atoms with E-state index >= 15 is 0 Å². The molecule has 2 heteroatoms. The molecule has 0 aliphatic heterocycles. The molecule has 0 radical (unpaired) electrons. The van der Waals surface area contributed by atoms with Gasteiger partial charge in [-0.1, -0.05) is 29.7 Å². The Bertz CT molecular complexity index is 325. The number of hydrogen-bond donors (Lipinski definition) is 1. The zero-order valence-corrected chi connectivity index (χ0v) is 8.36. The van der Waals surface area contributed by atoms with E-state index in [1.54, 1.807) is 0 Å². The molecule has 0 bridgehead atoms. The maximum Gasteiger partial charge on any atom is 0.0576 e. The lowest BCUT2D eigenvalue weighted by molar-refractivity contribution is 0.770. The first kappa shape index (κ1) is 10.1. The smallest absolute Gasteiger partial charge is 0.0576 e. The highest BCUT2D eigenvalue weighted by molar-refractivity contribution is 6.31. The number of hydrogen-bond acceptors (Lipinski definition) is 1. The molecule has 1 rings (SSSR count). The van der Waals surface area contributed by atoms with E-state index in [2.05, 4.69) is 11.2 Å². The number of nitrogens with one attached hydrogen (secondary N) is 1. The Labute approximate surface area is 84.1 Å². The molecule has 0 heterocycles. The minimum atomic E-state index is 0.589. The van der Waals surface area contributed by atoms with Crippen LogP contribution < -0.4 is 5.32 Å².